The van der Waals surface area contributed by atoms with Crippen LogP contribution in [0.2, 0.25) is 0 Å². The third kappa shape index (κ3) is 3.47. The number of aryl methyl sites for hydroxylation is 1. The maximum absolute atomic E-state index is 13.4. The number of rotatable bonds is 5. The molecule has 1 saturated carbocycles. The van der Waals surface area contributed by atoms with Gasteiger partial charge in [-0.25, -0.2) is 13.4 Å². The Hall–Kier alpha value is -2.58. The first-order chi connectivity index (χ1) is 13.9. The summed E-state index contributed by atoms with van der Waals surface area (Å²) in [5.41, 5.74) is 1.52. The number of hydrogen-bond acceptors (Lipinski definition) is 6. The molecule has 0 atom stereocenters. The van der Waals surface area contributed by atoms with E-state index in [1.54, 1.807) is 36.5 Å². The number of carbonyl (C=O) groups excluding carboxylic acids is 1. The molecule has 3 aromatic rings. The summed E-state index contributed by atoms with van der Waals surface area (Å²) < 4.78 is 25.3. The Kier molecular flexibility index (Phi) is 5.23. The quantitative estimate of drug-likeness (QED) is 0.658. The summed E-state index contributed by atoms with van der Waals surface area (Å²) in [6.07, 6.45) is 3.73. The minimum Gasteiger partial charge on any atom is -0.301 e. The Morgan fingerprint density at radius 2 is 1.76 bits per heavy atom. The molecule has 0 radical (unpaired) electrons. The molecule has 29 heavy (non-hydrogen) atoms. The summed E-state index contributed by atoms with van der Waals surface area (Å²) >= 11 is 1.30. The molecule has 1 fully saturated rings. The molecule has 0 bridgehead atoms. The Bertz CT molecular complexity index is 1120. The van der Waals surface area contributed by atoms with Crippen molar-refractivity contribution < 1.29 is 13.2 Å². The highest BCUT2D eigenvalue weighted by molar-refractivity contribution is 7.93. The van der Waals surface area contributed by atoms with Crippen LogP contribution in [0.1, 0.15) is 31.4 Å². The number of aromatic nitrogens is 2. The lowest BCUT2D eigenvalue weighted by Crippen LogP contribution is -2.47. The average Bonchev–Trinajstić information content (AvgIpc) is 3.37. The Labute approximate surface area is 174 Å². The molecule has 1 N–H and O–H groups in total. The van der Waals surface area contributed by atoms with Crippen molar-refractivity contribution in [1.29, 1.82) is 0 Å². The number of sulfone groups is 1. The van der Waals surface area contributed by atoms with Crippen LogP contribution in [0.5, 0.6) is 0 Å². The van der Waals surface area contributed by atoms with Crippen LogP contribution in [0.15, 0.2) is 59.6 Å². The van der Waals surface area contributed by atoms with E-state index in [-0.39, 0.29) is 4.90 Å². The van der Waals surface area contributed by atoms with Crippen LogP contribution in [0.4, 0.5) is 5.13 Å². The molecule has 0 spiro atoms. The Balaban J connectivity index is 1.66. The first kappa shape index (κ1) is 19.7. The molecule has 6 nitrogen and oxygen atoms in total. The largest absolute Gasteiger partial charge is 0.301 e. The van der Waals surface area contributed by atoms with Crippen LogP contribution < -0.4 is 5.32 Å². The number of carbonyl (C=O) groups is 1. The van der Waals surface area contributed by atoms with Gasteiger partial charge in [0.05, 0.1) is 21.2 Å². The molecule has 1 aliphatic carbocycles. The van der Waals surface area contributed by atoms with Gasteiger partial charge in [-0.3, -0.25) is 9.78 Å². The zero-order valence-corrected chi connectivity index (χ0v) is 17.6. The van der Waals surface area contributed by atoms with Gasteiger partial charge in [0.25, 0.3) is 0 Å². The van der Waals surface area contributed by atoms with Gasteiger partial charge < -0.3 is 5.32 Å². The molecule has 8 heteroatoms. The van der Waals surface area contributed by atoms with Crippen molar-refractivity contribution in [3.63, 3.8) is 0 Å². The van der Waals surface area contributed by atoms with Crippen molar-refractivity contribution in [3.8, 4) is 10.6 Å². The maximum Gasteiger partial charge on any atom is 0.248 e. The zero-order valence-electron chi connectivity index (χ0n) is 16.0. The van der Waals surface area contributed by atoms with Crippen molar-refractivity contribution in [2.75, 3.05) is 5.32 Å². The highest BCUT2D eigenvalue weighted by Crippen LogP contribution is 2.42. The highest BCUT2D eigenvalue weighted by atomic mass is 32.2. The maximum atomic E-state index is 13.4. The number of hydrogen-bond donors (Lipinski definition) is 1. The summed E-state index contributed by atoms with van der Waals surface area (Å²) in [4.78, 5) is 23.1. The number of anilines is 1. The van der Waals surface area contributed by atoms with E-state index in [0.29, 0.717) is 30.8 Å². The highest BCUT2D eigenvalue weighted by Gasteiger charge is 2.53. The molecule has 2 aromatic heterocycles. The second kappa shape index (κ2) is 7.68. The summed E-state index contributed by atoms with van der Waals surface area (Å²) in [5, 5.41) is 3.18. The second-order valence-electron chi connectivity index (χ2n) is 7.12. The molecule has 0 aliphatic heterocycles. The molecular weight excluding hydrogens is 406 g/mol. The van der Waals surface area contributed by atoms with Crippen LogP contribution in [0.3, 0.4) is 0 Å². The first-order valence-corrected chi connectivity index (χ1v) is 11.7. The first-order valence-electron chi connectivity index (χ1n) is 9.44. The standard InChI is InChI=1S/C21H21N3O3S2/c1-15-18(17-11-5-8-14-22-17)28-20(23-15)24-19(25)21(12-6-7-13-21)29(26,27)16-9-3-2-4-10-16/h2-5,8-11,14H,6-7,12-13H2,1H3,(H,23,24,25). The molecule has 4 rings (SSSR count). The Morgan fingerprint density at radius 1 is 1.07 bits per heavy atom. The molecule has 1 aliphatic rings. The third-order valence-corrected chi connectivity index (χ3v) is 8.92. The molecule has 0 unspecified atom stereocenters. The van der Waals surface area contributed by atoms with Crippen molar-refractivity contribution in [2.24, 2.45) is 0 Å². The molecule has 1 aromatic carbocycles. The van der Waals surface area contributed by atoms with Gasteiger partial charge in [0.15, 0.2) is 19.7 Å². The average molecular weight is 428 g/mol. The van der Waals surface area contributed by atoms with E-state index < -0.39 is 20.5 Å². The van der Waals surface area contributed by atoms with Gasteiger partial charge >= 0.3 is 0 Å². The van der Waals surface area contributed by atoms with E-state index in [1.807, 2.05) is 25.1 Å². The van der Waals surface area contributed by atoms with E-state index in [9.17, 15) is 13.2 Å². The lowest BCUT2D eigenvalue weighted by atomic mass is 10.1. The van der Waals surface area contributed by atoms with Gasteiger partial charge in [-0.05, 0) is 44.0 Å². The van der Waals surface area contributed by atoms with Crippen LogP contribution >= 0.6 is 11.3 Å². The number of benzene rings is 1. The van der Waals surface area contributed by atoms with Gasteiger partial charge in [-0.15, -0.1) is 0 Å². The predicted molar refractivity (Wildman–Crippen MR) is 114 cm³/mol. The van der Waals surface area contributed by atoms with Crippen LogP contribution in [0, 0.1) is 6.92 Å². The van der Waals surface area contributed by atoms with Crippen LogP contribution in [-0.4, -0.2) is 29.0 Å². The fourth-order valence-corrected chi connectivity index (χ4v) is 6.81. The van der Waals surface area contributed by atoms with E-state index >= 15 is 0 Å². The van der Waals surface area contributed by atoms with Crippen LogP contribution in [0.25, 0.3) is 10.6 Å². The van der Waals surface area contributed by atoms with E-state index in [4.69, 9.17) is 0 Å². The Morgan fingerprint density at radius 3 is 2.41 bits per heavy atom. The smallest absolute Gasteiger partial charge is 0.248 e. The topological polar surface area (TPSA) is 89.0 Å². The SMILES string of the molecule is Cc1nc(NC(=O)C2(S(=O)(=O)c3ccccc3)CCCC2)sc1-c1ccccn1. The van der Waals surface area contributed by atoms with E-state index in [1.165, 1.54) is 11.3 Å². The minimum atomic E-state index is -3.82. The fraction of sp³-hybridized carbons (Fsp3) is 0.286. The van der Waals surface area contributed by atoms with Gasteiger partial charge in [0.2, 0.25) is 5.91 Å². The minimum absolute atomic E-state index is 0.182. The monoisotopic (exact) mass is 427 g/mol. The number of amides is 1. The van der Waals surface area contributed by atoms with E-state index in [0.717, 1.165) is 16.3 Å². The predicted octanol–water partition coefficient (Wildman–Crippen LogP) is 4.24. The molecule has 2 heterocycles. The van der Waals surface area contributed by atoms with Gasteiger partial charge in [-0.1, -0.05) is 48.4 Å². The summed E-state index contributed by atoms with van der Waals surface area (Å²) in [6, 6.07) is 13.8. The summed E-state index contributed by atoms with van der Waals surface area (Å²) in [6.45, 7) is 1.85. The number of thiazole rings is 1. The summed E-state index contributed by atoms with van der Waals surface area (Å²) in [5.74, 6) is -0.500. The van der Waals surface area contributed by atoms with Gasteiger partial charge in [0.1, 0.15) is 0 Å². The number of nitrogens with zero attached hydrogens (tertiary/aromatic N) is 2. The fourth-order valence-electron chi connectivity index (χ4n) is 3.78. The lowest BCUT2D eigenvalue weighted by molar-refractivity contribution is -0.118. The van der Waals surface area contributed by atoms with Crippen molar-refractivity contribution in [2.45, 2.75) is 42.2 Å². The molecular formula is C21H21N3O3S2. The zero-order chi connectivity index (χ0) is 20.5. The number of nitrogens with one attached hydrogen (secondary N) is 1. The normalized spacial score (nSPS) is 15.9. The van der Waals surface area contributed by atoms with Gasteiger partial charge in [0, 0.05) is 6.20 Å². The van der Waals surface area contributed by atoms with Gasteiger partial charge in [-0.2, -0.15) is 0 Å². The van der Waals surface area contributed by atoms with E-state index in [2.05, 4.69) is 15.3 Å². The van der Waals surface area contributed by atoms with Crippen molar-refractivity contribution >= 4 is 32.2 Å². The molecule has 150 valence electrons. The second-order valence-corrected chi connectivity index (χ2v) is 10.4. The van der Waals surface area contributed by atoms with Crippen molar-refractivity contribution in [1.82, 2.24) is 9.97 Å². The summed E-state index contributed by atoms with van der Waals surface area (Å²) in [7, 11) is -3.82. The van der Waals surface area contributed by atoms with Crippen LogP contribution in [-0.2, 0) is 14.6 Å². The molecule has 1 amide bonds. The van der Waals surface area contributed by atoms with Crippen molar-refractivity contribution in [3.05, 3.63) is 60.4 Å². The number of pyridine rings is 1. The molecule has 0 saturated heterocycles. The lowest BCUT2D eigenvalue weighted by Gasteiger charge is -2.27. The third-order valence-electron chi connectivity index (χ3n) is 5.31.